The van der Waals surface area contributed by atoms with Gasteiger partial charge < -0.3 is 20.1 Å². The topological polar surface area (TPSA) is 72.7 Å². The van der Waals surface area contributed by atoms with Gasteiger partial charge in [0.25, 0.3) is 0 Å². The third-order valence-electron chi connectivity index (χ3n) is 4.20. The molecule has 8 heteroatoms. The van der Waals surface area contributed by atoms with Crippen LogP contribution in [0.15, 0.2) is 23.2 Å². The van der Waals surface area contributed by atoms with Gasteiger partial charge in [0.05, 0.1) is 24.4 Å². The molecule has 0 saturated heterocycles. The maximum atomic E-state index is 6.33. The number of aliphatic imine (C=N–C) groups is 1. The zero-order valence-electron chi connectivity index (χ0n) is 17.3. The molecule has 0 unspecified atom stereocenters. The van der Waals surface area contributed by atoms with Gasteiger partial charge in [-0.1, -0.05) is 11.6 Å². The molecule has 154 valence electrons. The monoisotopic (exact) mass is 407 g/mol. The van der Waals surface area contributed by atoms with Crippen LogP contribution in [0.25, 0.3) is 0 Å². The van der Waals surface area contributed by atoms with E-state index in [1.807, 2.05) is 30.7 Å². The van der Waals surface area contributed by atoms with E-state index in [4.69, 9.17) is 21.1 Å². The molecule has 0 saturated carbocycles. The van der Waals surface area contributed by atoms with Crippen LogP contribution in [0.3, 0.4) is 0 Å². The lowest BCUT2D eigenvalue weighted by atomic mass is 10.2. The molecule has 0 bridgehead atoms. The number of halogens is 1. The molecular formula is C20H30ClN5O2. The van der Waals surface area contributed by atoms with Crippen LogP contribution in [-0.2, 0) is 13.1 Å². The van der Waals surface area contributed by atoms with Crippen molar-refractivity contribution in [1.82, 2.24) is 20.4 Å². The summed E-state index contributed by atoms with van der Waals surface area (Å²) < 4.78 is 13.0. The molecule has 0 fully saturated rings. The molecule has 2 rings (SSSR count). The summed E-state index contributed by atoms with van der Waals surface area (Å²) in [4.78, 5) is 4.26. The number of nitrogens with one attached hydrogen (secondary N) is 2. The molecule has 1 aromatic heterocycles. The summed E-state index contributed by atoms with van der Waals surface area (Å²) >= 11 is 6.33. The Kier molecular flexibility index (Phi) is 8.44. The van der Waals surface area contributed by atoms with Gasteiger partial charge >= 0.3 is 0 Å². The molecular weight excluding hydrogens is 378 g/mol. The van der Waals surface area contributed by atoms with Crippen molar-refractivity contribution >= 4 is 17.6 Å². The van der Waals surface area contributed by atoms with E-state index in [9.17, 15) is 0 Å². The van der Waals surface area contributed by atoms with Gasteiger partial charge in [0, 0.05) is 32.4 Å². The van der Waals surface area contributed by atoms with E-state index >= 15 is 0 Å². The smallest absolute Gasteiger partial charge is 0.191 e. The zero-order valence-corrected chi connectivity index (χ0v) is 18.1. The van der Waals surface area contributed by atoms with E-state index in [1.165, 1.54) is 5.69 Å². The number of aromatic nitrogens is 2. The van der Waals surface area contributed by atoms with Crippen molar-refractivity contribution in [1.29, 1.82) is 0 Å². The van der Waals surface area contributed by atoms with Crippen LogP contribution >= 0.6 is 11.6 Å². The first kappa shape index (κ1) is 21.9. The number of hydrogen-bond donors (Lipinski definition) is 2. The molecule has 2 N–H and O–H groups in total. The van der Waals surface area contributed by atoms with Gasteiger partial charge in [-0.2, -0.15) is 5.10 Å². The second-order valence-electron chi connectivity index (χ2n) is 6.40. The molecule has 28 heavy (non-hydrogen) atoms. The fourth-order valence-corrected chi connectivity index (χ4v) is 3.19. The molecule has 0 aliphatic heterocycles. The fourth-order valence-electron chi connectivity index (χ4n) is 2.90. The SMILES string of the molecule is CCOc1c(Cl)cc(CNC(=NC)NCCCn2nc(C)cc2C)cc1OC. The predicted octanol–water partition coefficient (Wildman–Crippen LogP) is 3.32. The lowest BCUT2D eigenvalue weighted by molar-refractivity contribution is 0.311. The van der Waals surface area contributed by atoms with Crippen LogP contribution in [0, 0.1) is 13.8 Å². The first-order valence-electron chi connectivity index (χ1n) is 9.43. The highest BCUT2D eigenvalue weighted by molar-refractivity contribution is 6.32. The highest BCUT2D eigenvalue weighted by atomic mass is 35.5. The van der Waals surface area contributed by atoms with Crippen LogP contribution in [-0.4, -0.2) is 43.0 Å². The van der Waals surface area contributed by atoms with Gasteiger partial charge in [-0.3, -0.25) is 9.67 Å². The normalized spacial score (nSPS) is 11.4. The highest BCUT2D eigenvalue weighted by Gasteiger charge is 2.12. The van der Waals surface area contributed by atoms with Crippen molar-refractivity contribution < 1.29 is 9.47 Å². The molecule has 0 aliphatic carbocycles. The third-order valence-corrected chi connectivity index (χ3v) is 4.48. The molecule has 1 aromatic carbocycles. The number of hydrogen-bond acceptors (Lipinski definition) is 4. The number of benzene rings is 1. The van der Waals surface area contributed by atoms with Gasteiger partial charge in [0.1, 0.15) is 0 Å². The van der Waals surface area contributed by atoms with Crippen LogP contribution in [0.2, 0.25) is 5.02 Å². The predicted molar refractivity (Wildman–Crippen MR) is 114 cm³/mol. The summed E-state index contributed by atoms with van der Waals surface area (Å²) in [6, 6.07) is 5.88. The fraction of sp³-hybridized carbons (Fsp3) is 0.500. The summed E-state index contributed by atoms with van der Waals surface area (Å²) in [6.07, 6.45) is 0.950. The summed E-state index contributed by atoms with van der Waals surface area (Å²) in [5, 5.41) is 11.6. The Bertz CT molecular complexity index is 804. The molecule has 0 atom stereocenters. The quantitative estimate of drug-likeness (QED) is 0.379. The zero-order chi connectivity index (χ0) is 20.5. The second-order valence-corrected chi connectivity index (χ2v) is 6.81. The Morgan fingerprint density at radius 3 is 2.64 bits per heavy atom. The van der Waals surface area contributed by atoms with Crippen LogP contribution in [0.1, 0.15) is 30.3 Å². The molecule has 2 aromatic rings. The Hall–Kier alpha value is -2.41. The minimum atomic E-state index is 0.530. The Morgan fingerprint density at radius 2 is 2.04 bits per heavy atom. The minimum Gasteiger partial charge on any atom is -0.493 e. The van der Waals surface area contributed by atoms with Crippen molar-refractivity contribution in [2.75, 3.05) is 27.3 Å². The number of rotatable bonds is 9. The third kappa shape index (κ3) is 6.05. The van der Waals surface area contributed by atoms with Crippen molar-refractivity contribution in [3.05, 3.63) is 40.2 Å². The lowest BCUT2D eigenvalue weighted by Gasteiger charge is -2.15. The molecule has 0 aliphatic rings. The number of guanidine groups is 1. The maximum Gasteiger partial charge on any atom is 0.191 e. The van der Waals surface area contributed by atoms with Gasteiger partial charge in [-0.15, -0.1) is 0 Å². The maximum absolute atomic E-state index is 6.33. The second kappa shape index (κ2) is 10.8. The van der Waals surface area contributed by atoms with Crippen LogP contribution in [0.5, 0.6) is 11.5 Å². The van der Waals surface area contributed by atoms with Gasteiger partial charge in [0.15, 0.2) is 17.5 Å². The minimum absolute atomic E-state index is 0.530. The van der Waals surface area contributed by atoms with Crippen LogP contribution < -0.4 is 20.1 Å². The highest BCUT2D eigenvalue weighted by Crippen LogP contribution is 2.36. The van der Waals surface area contributed by atoms with E-state index in [1.54, 1.807) is 14.2 Å². The van der Waals surface area contributed by atoms with E-state index in [2.05, 4.69) is 33.7 Å². The van der Waals surface area contributed by atoms with Gasteiger partial charge in [-0.25, -0.2) is 0 Å². The standard InChI is InChI=1S/C20H30ClN5O2/c1-6-28-19-17(21)11-16(12-18(19)27-5)13-24-20(22-4)23-8-7-9-26-15(3)10-14(2)25-26/h10-12H,6-9,13H2,1-5H3,(H2,22,23,24). The molecule has 0 radical (unpaired) electrons. The van der Waals surface area contributed by atoms with Crippen molar-refractivity contribution in [2.45, 2.75) is 40.3 Å². The first-order valence-corrected chi connectivity index (χ1v) is 9.81. The molecule has 0 spiro atoms. The van der Waals surface area contributed by atoms with Crippen LogP contribution in [0.4, 0.5) is 0 Å². The van der Waals surface area contributed by atoms with Gasteiger partial charge in [0.2, 0.25) is 0 Å². The summed E-state index contributed by atoms with van der Waals surface area (Å²) in [6.45, 7) is 8.76. The van der Waals surface area contributed by atoms with E-state index in [0.29, 0.717) is 29.7 Å². The van der Waals surface area contributed by atoms with Crippen molar-refractivity contribution in [3.63, 3.8) is 0 Å². The first-order chi connectivity index (χ1) is 13.5. The summed E-state index contributed by atoms with van der Waals surface area (Å²) in [5.74, 6) is 1.93. The number of methoxy groups -OCH3 is 1. The summed E-state index contributed by atoms with van der Waals surface area (Å²) in [7, 11) is 3.36. The van der Waals surface area contributed by atoms with E-state index in [-0.39, 0.29) is 0 Å². The number of ether oxygens (including phenoxy) is 2. The van der Waals surface area contributed by atoms with E-state index in [0.717, 1.165) is 36.7 Å². The summed E-state index contributed by atoms with van der Waals surface area (Å²) in [5.41, 5.74) is 3.21. The average Bonchev–Trinajstić information content (AvgIpc) is 3.00. The van der Waals surface area contributed by atoms with Crippen molar-refractivity contribution in [2.24, 2.45) is 4.99 Å². The molecule has 0 amide bonds. The Morgan fingerprint density at radius 1 is 1.25 bits per heavy atom. The Labute approximate surface area is 172 Å². The van der Waals surface area contributed by atoms with Gasteiger partial charge in [-0.05, 0) is 51.0 Å². The lowest BCUT2D eigenvalue weighted by Crippen LogP contribution is -2.37. The Balaban J connectivity index is 1.85. The van der Waals surface area contributed by atoms with Crippen molar-refractivity contribution in [3.8, 4) is 11.5 Å². The average molecular weight is 408 g/mol. The number of nitrogens with zero attached hydrogens (tertiary/aromatic N) is 3. The largest absolute Gasteiger partial charge is 0.493 e. The molecule has 7 nitrogen and oxygen atoms in total. The molecule has 1 heterocycles. The number of aryl methyl sites for hydroxylation is 3. The van der Waals surface area contributed by atoms with E-state index < -0.39 is 0 Å².